The topological polar surface area (TPSA) is 17.1 Å². The van der Waals surface area contributed by atoms with Gasteiger partial charge in [0.05, 0.1) is 0 Å². The number of ketones is 1. The van der Waals surface area contributed by atoms with E-state index in [4.69, 9.17) is 0 Å². The van der Waals surface area contributed by atoms with Crippen molar-refractivity contribution in [3.05, 3.63) is 0 Å². The van der Waals surface area contributed by atoms with Gasteiger partial charge in [-0.3, -0.25) is 4.79 Å². The number of hydrogen-bond acceptors (Lipinski definition) is 2. The number of carbonyl (C=O) groups excluding carboxylic acids is 1. The van der Waals surface area contributed by atoms with E-state index in [2.05, 4.69) is 25.6 Å². The lowest BCUT2D eigenvalue weighted by atomic mass is 9.62. The van der Waals surface area contributed by atoms with Gasteiger partial charge in [-0.2, -0.15) is 11.8 Å². The van der Waals surface area contributed by atoms with Crippen LogP contribution in [-0.2, 0) is 4.79 Å². The van der Waals surface area contributed by atoms with Crippen molar-refractivity contribution < 1.29 is 4.79 Å². The highest BCUT2D eigenvalue weighted by molar-refractivity contribution is 8.00. The highest BCUT2D eigenvalue weighted by atomic mass is 32.2. The quantitative estimate of drug-likeness (QED) is 0.552. The second-order valence-corrected chi connectivity index (χ2v) is 10.1. The molecule has 0 aromatic carbocycles. The Morgan fingerprint density at radius 1 is 1.00 bits per heavy atom. The first-order valence-corrected chi connectivity index (χ1v) is 11.9. The Balaban J connectivity index is 1.90. The van der Waals surface area contributed by atoms with Gasteiger partial charge >= 0.3 is 0 Å². The van der Waals surface area contributed by atoms with E-state index >= 15 is 0 Å². The first kappa shape index (κ1) is 18.8. The fourth-order valence-electron chi connectivity index (χ4n) is 5.85. The summed E-state index contributed by atoms with van der Waals surface area (Å²) in [6, 6.07) is 0. The van der Waals surface area contributed by atoms with Crippen molar-refractivity contribution >= 4 is 17.5 Å². The molecular weight excluding hydrogens is 312 g/mol. The van der Waals surface area contributed by atoms with Crippen LogP contribution in [0.25, 0.3) is 0 Å². The van der Waals surface area contributed by atoms with Crippen LogP contribution in [0, 0.1) is 23.2 Å². The van der Waals surface area contributed by atoms with Gasteiger partial charge in [-0.15, -0.1) is 0 Å². The normalized spacial score (nSPS) is 38.6. The molecule has 138 valence electrons. The zero-order valence-corrected chi connectivity index (χ0v) is 16.8. The van der Waals surface area contributed by atoms with Gasteiger partial charge in [0.25, 0.3) is 0 Å². The zero-order chi connectivity index (χ0) is 17.0. The van der Waals surface area contributed by atoms with E-state index in [1.807, 2.05) is 0 Å². The molecule has 2 heteroatoms. The Morgan fingerprint density at radius 2 is 1.71 bits per heavy atom. The lowest BCUT2D eigenvalue weighted by Crippen LogP contribution is -2.44. The fourth-order valence-corrected chi connectivity index (χ4v) is 7.76. The molecule has 0 bridgehead atoms. The molecule has 3 aliphatic rings. The van der Waals surface area contributed by atoms with E-state index in [1.165, 1.54) is 70.6 Å². The van der Waals surface area contributed by atoms with Gasteiger partial charge < -0.3 is 0 Å². The molecule has 1 heterocycles. The molecule has 4 atom stereocenters. The van der Waals surface area contributed by atoms with Crippen LogP contribution in [-0.4, -0.2) is 16.8 Å². The van der Waals surface area contributed by atoms with E-state index < -0.39 is 0 Å². The van der Waals surface area contributed by atoms with Crippen LogP contribution in [0.3, 0.4) is 0 Å². The van der Waals surface area contributed by atoms with Crippen LogP contribution in [0.5, 0.6) is 0 Å². The van der Waals surface area contributed by atoms with Crippen LogP contribution in [0.4, 0.5) is 0 Å². The van der Waals surface area contributed by atoms with Crippen molar-refractivity contribution in [2.45, 2.75) is 103 Å². The first-order valence-electron chi connectivity index (χ1n) is 10.9. The average molecular weight is 351 g/mol. The summed E-state index contributed by atoms with van der Waals surface area (Å²) in [6.45, 7) is 4.57. The van der Waals surface area contributed by atoms with Crippen molar-refractivity contribution in [1.29, 1.82) is 0 Å². The first-order chi connectivity index (χ1) is 11.7. The molecule has 1 aliphatic heterocycles. The summed E-state index contributed by atoms with van der Waals surface area (Å²) in [5, 5.41) is 0.782. The Morgan fingerprint density at radius 3 is 2.42 bits per heavy atom. The van der Waals surface area contributed by atoms with Crippen LogP contribution < -0.4 is 0 Å². The van der Waals surface area contributed by atoms with Crippen LogP contribution in [0.2, 0.25) is 0 Å². The minimum atomic E-state index is 0.000129. The second-order valence-electron chi connectivity index (χ2n) is 8.82. The predicted molar refractivity (Wildman–Crippen MR) is 106 cm³/mol. The molecule has 0 spiro atoms. The summed E-state index contributed by atoms with van der Waals surface area (Å²) in [6.07, 6.45) is 16.9. The van der Waals surface area contributed by atoms with Crippen molar-refractivity contribution in [1.82, 2.24) is 0 Å². The summed E-state index contributed by atoms with van der Waals surface area (Å²) in [5.41, 5.74) is 0.000129. The van der Waals surface area contributed by atoms with E-state index in [9.17, 15) is 4.79 Å². The second kappa shape index (κ2) is 8.60. The van der Waals surface area contributed by atoms with Gasteiger partial charge in [0.2, 0.25) is 0 Å². The smallest absolute Gasteiger partial charge is 0.143 e. The molecular formula is C22H38OS. The number of fused-ring (bicyclic) bond motifs is 1. The number of unbranched alkanes of at least 4 members (excludes halogenated alkanes) is 1. The fraction of sp³-hybridized carbons (Fsp3) is 0.955. The summed E-state index contributed by atoms with van der Waals surface area (Å²) in [5.74, 6) is 3.65. The number of carbonyl (C=O) groups is 1. The number of rotatable bonds is 5. The molecule has 0 aromatic rings. The Hall–Kier alpha value is 0.0200. The molecule has 2 saturated carbocycles. The summed E-state index contributed by atoms with van der Waals surface area (Å²) in [7, 11) is 0. The van der Waals surface area contributed by atoms with Crippen molar-refractivity contribution in [2.75, 3.05) is 5.75 Å². The van der Waals surface area contributed by atoms with E-state index in [0.29, 0.717) is 23.5 Å². The lowest BCUT2D eigenvalue weighted by molar-refractivity contribution is -0.137. The Kier molecular flexibility index (Phi) is 6.74. The van der Waals surface area contributed by atoms with Crippen molar-refractivity contribution in [2.24, 2.45) is 23.2 Å². The number of thioether (sulfide) groups is 1. The van der Waals surface area contributed by atoms with E-state index in [-0.39, 0.29) is 5.41 Å². The van der Waals surface area contributed by atoms with Crippen molar-refractivity contribution in [3.8, 4) is 0 Å². The minimum absolute atomic E-state index is 0.000129. The van der Waals surface area contributed by atoms with Gasteiger partial charge in [-0.1, -0.05) is 58.8 Å². The molecule has 3 fully saturated rings. The molecule has 0 aromatic heterocycles. The third-order valence-corrected chi connectivity index (χ3v) is 9.19. The van der Waals surface area contributed by atoms with Crippen molar-refractivity contribution in [3.63, 3.8) is 0 Å². The van der Waals surface area contributed by atoms with E-state index in [1.54, 1.807) is 0 Å². The molecule has 2 aliphatic carbocycles. The van der Waals surface area contributed by atoms with Gasteiger partial charge in [0.1, 0.15) is 5.78 Å². The molecule has 0 amide bonds. The lowest BCUT2D eigenvalue weighted by Gasteiger charge is -2.41. The van der Waals surface area contributed by atoms with Gasteiger partial charge in [0, 0.05) is 22.3 Å². The van der Waals surface area contributed by atoms with Crippen LogP contribution in [0.15, 0.2) is 0 Å². The molecule has 1 nitrogen and oxygen atoms in total. The highest BCUT2D eigenvalue weighted by Gasteiger charge is 2.50. The zero-order valence-electron chi connectivity index (χ0n) is 16.0. The third-order valence-electron chi connectivity index (χ3n) is 7.46. The number of Topliss-reactive ketones (excluding diaryl/α,β-unsaturated/α-hetero) is 1. The minimum Gasteiger partial charge on any atom is -0.299 e. The van der Waals surface area contributed by atoms with Gasteiger partial charge in [0.15, 0.2) is 0 Å². The maximum Gasteiger partial charge on any atom is 0.143 e. The monoisotopic (exact) mass is 350 g/mol. The summed E-state index contributed by atoms with van der Waals surface area (Å²) < 4.78 is 0. The standard InChI is InChI=1S/C22H38OS/c1-3-5-15-22(4-2)16-24-19-14-10-9-13-18(19)20(21(22)23)17-11-7-6-8-12-17/h17-20H,3-16H2,1-2H3. The van der Waals surface area contributed by atoms with Gasteiger partial charge in [-0.25, -0.2) is 0 Å². The highest BCUT2D eigenvalue weighted by Crippen LogP contribution is 2.52. The Labute approximate surface area is 154 Å². The average Bonchev–Trinajstić information content (AvgIpc) is 2.76. The molecule has 24 heavy (non-hydrogen) atoms. The molecule has 0 radical (unpaired) electrons. The third kappa shape index (κ3) is 3.74. The SMILES string of the molecule is CCCCC1(CC)CSC2CCCCC2C(C2CCCCC2)C1=O. The summed E-state index contributed by atoms with van der Waals surface area (Å²) in [4.78, 5) is 13.9. The predicted octanol–water partition coefficient (Wildman–Crippen LogP) is 6.64. The van der Waals surface area contributed by atoms with Gasteiger partial charge in [-0.05, 0) is 50.4 Å². The summed E-state index contributed by atoms with van der Waals surface area (Å²) >= 11 is 2.20. The van der Waals surface area contributed by atoms with Crippen LogP contribution >= 0.6 is 11.8 Å². The van der Waals surface area contributed by atoms with Crippen LogP contribution in [0.1, 0.15) is 97.3 Å². The number of hydrogen-bond donors (Lipinski definition) is 0. The maximum absolute atomic E-state index is 13.9. The molecule has 3 rings (SSSR count). The Bertz CT molecular complexity index is 414. The molecule has 0 N–H and O–H groups in total. The largest absolute Gasteiger partial charge is 0.299 e. The molecule has 4 unspecified atom stereocenters. The molecule has 1 saturated heterocycles. The van der Waals surface area contributed by atoms with E-state index in [0.717, 1.165) is 23.8 Å². The maximum atomic E-state index is 13.9.